The lowest BCUT2D eigenvalue weighted by molar-refractivity contribution is -0.132. The van der Waals surface area contributed by atoms with Gasteiger partial charge in [-0.2, -0.15) is 0 Å². The summed E-state index contributed by atoms with van der Waals surface area (Å²) in [5.74, 6) is -0.256. The summed E-state index contributed by atoms with van der Waals surface area (Å²) >= 11 is 0. The van der Waals surface area contributed by atoms with Crippen LogP contribution in [0.5, 0.6) is 0 Å². The smallest absolute Gasteiger partial charge is 0.327 e. The fourth-order valence-corrected chi connectivity index (χ4v) is 1.52. The Morgan fingerprint density at radius 3 is 2.23 bits per heavy atom. The molecule has 74 valence electrons. The van der Waals surface area contributed by atoms with Crippen molar-refractivity contribution in [2.75, 3.05) is 20.7 Å². The molecule has 1 heterocycles. The van der Waals surface area contributed by atoms with E-state index in [2.05, 4.69) is 0 Å². The fraction of sp³-hybridized carbons (Fsp3) is 0.750. The van der Waals surface area contributed by atoms with Gasteiger partial charge in [-0.15, -0.1) is 0 Å². The second-order valence-corrected chi connectivity index (χ2v) is 3.45. The highest BCUT2D eigenvalue weighted by atomic mass is 16.3. The predicted octanol–water partition coefficient (Wildman–Crippen LogP) is -0.349. The zero-order chi connectivity index (χ0) is 10.2. The lowest BCUT2D eigenvalue weighted by atomic mass is 9.97. The van der Waals surface area contributed by atoms with Crippen molar-refractivity contribution in [2.24, 2.45) is 0 Å². The molecule has 0 radical (unpaired) electrons. The van der Waals surface area contributed by atoms with Crippen molar-refractivity contribution in [1.29, 1.82) is 0 Å². The average molecular weight is 186 g/mol. The third-order valence-electron chi connectivity index (χ3n) is 2.68. The van der Waals surface area contributed by atoms with Crippen LogP contribution in [0.4, 0.5) is 4.79 Å². The van der Waals surface area contributed by atoms with Gasteiger partial charge in [-0.25, -0.2) is 4.79 Å². The highest BCUT2D eigenvalue weighted by Crippen LogP contribution is 2.27. The van der Waals surface area contributed by atoms with Crippen LogP contribution in [0.2, 0.25) is 0 Å². The molecule has 1 fully saturated rings. The van der Waals surface area contributed by atoms with Crippen LogP contribution in [-0.2, 0) is 4.79 Å². The molecule has 3 amide bonds. The molecule has 1 atom stereocenters. The Morgan fingerprint density at radius 2 is 1.92 bits per heavy atom. The third kappa shape index (κ3) is 1.19. The molecule has 0 bridgehead atoms. The summed E-state index contributed by atoms with van der Waals surface area (Å²) in [6.45, 7) is 1.56. The van der Waals surface area contributed by atoms with Crippen LogP contribution in [0.25, 0.3) is 0 Å². The van der Waals surface area contributed by atoms with E-state index in [0.717, 1.165) is 4.90 Å². The third-order valence-corrected chi connectivity index (χ3v) is 2.68. The average Bonchev–Trinajstić information content (AvgIpc) is 2.23. The molecule has 5 nitrogen and oxygen atoms in total. The van der Waals surface area contributed by atoms with Gasteiger partial charge in [0, 0.05) is 27.1 Å². The summed E-state index contributed by atoms with van der Waals surface area (Å²) in [7, 11) is 3.02. The van der Waals surface area contributed by atoms with Crippen molar-refractivity contribution in [3.63, 3.8) is 0 Å². The van der Waals surface area contributed by atoms with Crippen LogP contribution < -0.4 is 0 Å². The van der Waals surface area contributed by atoms with E-state index in [0.29, 0.717) is 0 Å². The summed E-state index contributed by atoms with van der Waals surface area (Å²) in [6, 6.07) is -0.319. The molecule has 1 saturated heterocycles. The monoisotopic (exact) mass is 186 g/mol. The standard InChI is InChI=1S/C8H14N2O3/c1-8(4-5-11)6(12)9(2)7(13)10(8)3/h11H,4-5H2,1-3H3. The van der Waals surface area contributed by atoms with E-state index in [1.54, 1.807) is 14.0 Å². The number of imide groups is 1. The van der Waals surface area contributed by atoms with E-state index in [4.69, 9.17) is 5.11 Å². The van der Waals surface area contributed by atoms with Crippen LogP contribution in [0, 0.1) is 0 Å². The van der Waals surface area contributed by atoms with Gasteiger partial charge >= 0.3 is 6.03 Å². The van der Waals surface area contributed by atoms with Crippen molar-refractivity contribution in [3.8, 4) is 0 Å². The van der Waals surface area contributed by atoms with Crippen molar-refractivity contribution < 1.29 is 14.7 Å². The van der Waals surface area contributed by atoms with E-state index in [1.165, 1.54) is 11.9 Å². The molecule has 0 aromatic rings. The highest BCUT2D eigenvalue weighted by Gasteiger charge is 2.50. The number of likely N-dealkylation sites (N-methyl/N-ethyl adjacent to an activating group) is 2. The number of nitrogens with zero attached hydrogens (tertiary/aromatic N) is 2. The normalized spacial score (nSPS) is 28.9. The summed E-state index contributed by atoms with van der Waals surface area (Å²) in [6.07, 6.45) is 0.276. The van der Waals surface area contributed by atoms with Gasteiger partial charge in [-0.3, -0.25) is 9.69 Å². The Morgan fingerprint density at radius 1 is 1.38 bits per heavy atom. The summed E-state index contributed by atoms with van der Waals surface area (Å²) in [5, 5.41) is 8.79. The van der Waals surface area contributed by atoms with E-state index >= 15 is 0 Å². The number of aliphatic hydroxyl groups is 1. The van der Waals surface area contributed by atoms with Crippen LogP contribution >= 0.6 is 0 Å². The topological polar surface area (TPSA) is 60.9 Å². The van der Waals surface area contributed by atoms with Crippen LogP contribution in [0.3, 0.4) is 0 Å². The van der Waals surface area contributed by atoms with Gasteiger partial charge in [0.2, 0.25) is 0 Å². The number of rotatable bonds is 2. The minimum atomic E-state index is -0.874. The van der Waals surface area contributed by atoms with Gasteiger partial charge in [-0.05, 0) is 6.92 Å². The molecule has 13 heavy (non-hydrogen) atoms. The first kappa shape index (κ1) is 9.98. The number of carbonyl (C=O) groups excluding carboxylic acids is 2. The maximum Gasteiger partial charge on any atom is 0.327 e. The summed E-state index contributed by atoms with van der Waals surface area (Å²) in [4.78, 5) is 25.4. The lowest BCUT2D eigenvalue weighted by Gasteiger charge is -2.27. The van der Waals surface area contributed by atoms with E-state index < -0.39 is 5.54 Å². The van der Waals surface area contributed by atoms with Crippen molar-refractivity contribution in [2.45, 2.75) is 18.9 Å². The quantitative estimate of drug-likeness (QED) is 0.600. The second-order valence-electron chi connectivity index (χ2n) is 3.45. The van der Waals surface area contributed by atoms with E-state index in [9.17, 15) is 9.59 Å². The number of aliphatic hydroxyl groups excluding tert-OH is 1. The van der Waals surface area contributed by atoms with Gasteiger partial charge in [0.15, 0.2) is 0 Å². The Balaban J connectivity index is 2.98. The summed E-state index contributed by atoms with van der Waals surface area (Å²) < 4.78 is 0. The Hall–Kier alpha value is -1.10. The highest BCUT2D eigenvalue weighted by molar-refractivity contribution is 6.06. The maximum absolute atomic E-state index is 11.6. The first-order chi connectivity index (χ1) is 5.95. The molecule has 0 spiro atoms. The Bertz CT molecular complexity index is 254. The SMILES string of the molecule is CN1C(=O)N(C)C(C)(CCO)C1=O. The molecule has 1 rings (SSSR count). The molecule has 1 aliphatic heterocycles. The van der Waals surface area contributed by atoms with Crippen molar-refractivity contribution >= 4 is 11.9 Å². The molecule has 1 unspecified atom stereocenters. The molecule has 0 saturated carbocycles. The summed E-state index contributed by atoms with van der Waals surface area (Å²) in [5.41, 5.74) is -0.874. The molecular weight excluding hydrogens is 172 g/mol. The van der Waals surface area contributed by atoms with Gasteiger partial charge in [0.1, 0.15) is 5.54 Å². The first-order valence-corrected chi connectivity index (χ1v) is 4.12. The predicted molar refractivity (Wildman–Crippen MR) is 46.0 cm³/mol. The van der Waals surface area contributed by atoms with E-state index in [1.807, 2.05) is 0 Å². The van der Waals surface area contributed by atoms with Gasteiger partial charge in [0.05, 0.1) is 0 Å². The fourth-order valence-electron chi connectivity index (χ4n) is 1.52. The molecule has 0 aromatic carbocycles. The molecule has 0 aliphatic carbocycles. The van der Waals surface area contributed by atoms with E-state index in [-0.39, 0.29) is 25.0 Å². The number of hydrogen-bond donors (Lipinski definition) is 1. The first-order valence-electron chi connectivity index (χ1n) is 4.12. The molecule has 1 aliphatic rings. The molecule has 1 N–H and O–H groups in total. The van der Waals surface area contributed by atoms with Gasteiger partial charge in [-0.1, -0.05) is 0 Å². The van der Waals surface area contributed by atoms with Crippen LogP contribution in [0.1, 0.15) is 13.3 Å². The zero-order valence-electron chi connectivity index (χ0n) is 8.07. The molecular formula is C8H14N2O3. The Labute approximate surface area is 76.9 Å². The number of urea groups is 1. The van der Waals surface area contributed by atoms with Crippen LogP contribution in [-0.4, -0.2) is 53.1 Å². The minimum Gasteiger partial charge on any atom is -0.396 e. The number of hydrogen-bond acceptors (Lipinski definition) is 3. The van der Waals surface area contributed by atoms with Crippen molar-refractivity contribution in [3.05, 3.63) is 0 Å². The second kappa shape index (κ2) is 2.99. The van der Waals surface area contributed by atoms with Crippen molar-refractivity contribution in [1.82, 2.24) is 9.80 Å². The molecule has 5 heteroatoms. The maximum atomic E-state index is 11.6. The molecule has 0 aromatic heterocycles. The minimum absolute atomic E-state index is 0.103. The zero-order valence-corrected chi connectivity index (χ0v) is 8.07. The largest absolute Gasteiger partial charge is 0.396 e. The van der Waals surface area contributed by atoms with Crippen LogP contribution in [0.15, 0.2) is 0 Å². The Kier molecular flexibility index (Phi) is 2.30. The number of amides is 3. The number of carbonyl (C=O) groups is 2. The van der Waals surface area contributed by atoms with Gasteiger partial charge in [0.25, 0.3) is 5.91 Å². The lowest BCUT2D eigenvalue weighted by Crippen LogP contribution is -2.45. The van der Waals surface area contributed by atoms with Gasteiger partial charge < -0.3 is 10.0 Å².